The van der Waals surface area contributed by atoms with Crippen LogP contribution in [0.2, 0.25) is 10.0 Å². The molecule has 110 valence electrons. The number of hydrogen-bond donors (Lipinski definition) is 2. The van der Waals surface area contributed by atoms with Crippen LogP contribution >= 0.6 is 23.2 Å². The van der Waals surface area contributed by atoms with Gasteiger partial charge in [-0.1, -0.05) is 48.3 Å². The normalized spacial score (nSPS) is 10.3. The van der Waals surface area contributed by atoms with Crippen molar-refractivity contribution in [2.75, 3.05) is 10.6 Å². The van der Waals surface area contributed by atoms with Gasteiger partial charge in [0.25, 0.3) is 0 Å². The van der Waals surface area contributed by atoms with Gasteiger partial charge in [-0.05, 0) is 42.7 Å². The first-order chi connectivity index (χ1) is 10.0. The van der Waals surface area contributed by atoms with Crippen LogP contribution in [0.1, 0.15) is 18.1 Å². The van der Waals surface area contributed by atoms with Gasteiger partial charge in [-0.25, -0.2) is 4.79 Å². The molecular formula is C16H16Cl2N2O. The maximum Gasteiger partial charge on any atom is 0.323 e. The number of aryl methyl sites for hydroxylation is 2. The van der Waals surface area contributed by atoms with E-state index in [0.717, 1.165) is 23.2 Å². The van der Waals surface area contributed by atoms with Gasteiger partial charge >= 0.3 is 6.03 Å². The number of carbonyl (C=O) groups is 1. The predicted octanol–water partition coefficient (Wildman–Crippen LogP) is 5.51. The van der Waals surface area contributed by atoms with Gasteiger partial charge in [0.15, 0.2) is 0 Å². The first-order valence-electron chi connectivity index (χ1n) is 6.62. The second kappa shape index (κ2) is 6.83. The van der Waals surface area contributed by atoms with E-state index in [2.05, 4.69) is 10.6 Å². The van der Waals surface area contributed by atoms with Crippen molar-refractivity contribution in [3.05, 3.63) is 57.6 Å². The lowest BCUT2D eigenvalue weighted by Gasteiger charge is -2.14. The van der Waals surface area contributed by atoms with E-state index in [0.29, 0.717) is 15.7 Å². The summed E-state index contributed by atoms with van der Waals surface area (Å²) in [7, 11) is 0. The summed E-state index contributed by atoms with van der Waals surface area (Å²) >= 11 is 11.9. The van der Waals surface area contributed by atoms with E-state index in [9.17, 15) is 4.79 Å². The number of para-hydroxylation sites is 1. The monoisotopic (exact) mass is 322 g/mol. The third-order valence-electron chi connectivity index (χ3n) is 3.16. The Morgan fingerprint density at radius 2 is 1.90 bits per heavy atom. The zero-order chi connectivity index (χ0) is 15.4. The molecule has 0 aliphatic carbocycles. The van der Waals surface area contributed by atoms with E-state index >= 15 is 0 Å². The van der Waals surface area contributed by atoms with Crippen LogP contribution < -0.4 is 10.6 Å². The Bertz CT molecular complexity index is 671. The fraction of sp³-hybridized carbons (Fsp3) is 0.188. The van der Waals surface area contributed by atoms with Gasteiger partial charge in [-0.2, -0.15) is 0 Å². The third-order valence-corrected chi connectivity index (χ3v) is 3.72. The average molecular weight is 323 g/mol. The van der Waals surface area contributed by atoms with E-state index in [1.54, 1.807) is 18.2 Å². The Balaban J connectivity index is 2.17. The summed E-state index contributed by atoms with van der Waals surface area (Å²) < 4.78 is 0. The Hall–Kier alpha value is -1.71. The molecule has 0 spiro atoms. The molecular weight excluding hydrogens is 307 g/mol. The van der Waals surface area contributed by atoms with Gasteiger partial charge < -0.3 is 10.6 Å². The second-order valence-corrected chi connectivity index (χ2v) is 5.51. The topological polar surface area (TPSA) is 41.1 Å². The van der Waals surface area contributed by atoms with Gasteiger partial charge in [0.1, 0.15) is 0 Å². The molecule has 0 aliphatic heterocycles. The van der Waals surface area contributed by atoms with Crippen molar-refractivity contribution in [3.63, 3.8) is 0 Å². The quantitative estimate of drug-likeness (QED) is 0.768. The van der Waals surface area contributed by atoms with Crippen molar-refractivity contribution >= 4 is 40.6 Å². The van der Waals surface area contributed by atoms with Crippen LogP contribution in [0, 0.1) is 6.92 Å². The van der Waals surface area contributed by atoms with E-state index in [4.69, 9.17) is 23.2 Å². The highest BCUT2D eigenvalue weighted by molar-refractivity contribution is 6.35. The molecule has 0 atom stereocenters. The molecule has 5 heteroatoms. The van der Waals surface area contributed by atoms with Gasteiger partial charge in [0.2, 0.25) is 0 Å². The van der Waals surface area contributed by atoms with Crippen molar-refractivity contribution in [2.24, 2.45) is 0 Å². The van der Waals surface area contributed by atoms with Gasteiger partial charge in [0, 0.05) is 10.7 Å². The molecule has 3 nitrogen and oxygen atoms in total. The van der Waals surface area contributed by atoms with Gasteiger partial charge in [-0.3, -0.25) is 0 Å². The highest BCUT2D eigenvalue weighted by Crippen LogP contribution is 2.26. The summed E-state index contributed by atoms with van der Waals surface area (Å²) in [6, 6.07) is 10.5. The minimum absolute atomic E-state index is 0.344. The number of rotatable bonds is 3. The number of nitrogens with one attached hydrogen (secondary N) is 2. The molecule has 0 aromatic heterocycles. The Morgan fingerprint density at radius 3 is 2.62 bits per heavy atom. The Morgan fingerprint density at radius 1 is 1.14 bits per heavy atom. The molecule has 0 saturated heterocycles. The molecule has 21 heavy (non-hydrogen) atoms. The van der Waals surface area contributed by atoms with Crippen LogP contribution in [0.3, 0.4) is 0 Å². The van der Waals surface area contributed by atoms with Crippen LogP contribution in [0.5, 0.6) is 0 Å². The summed E-state index contributed by atoms with van der Waals surface area (Å²) in [6.45, 7) is 4.01. The molecule has 0 bridgehead atoms. The van der Waals surface area contributed by atoms with Crippen LogP contribution in [0.15, 0.2) is 36.4 Å². The van der Waals surface area contributed by atoms with E-state index in [-0.39, 0.29) is 6.03 Å². The smallest absolute Gasteiger partial charge is 0.307 e. The molecule has 0 aliphatic rings. The lowest BCUT2D eigenvalue weighted by molar-refractivity contribution is 0.262. The highest BCUT2D eigenvalue weighted by atomic mass is 35.5. The zero-order valence-corrected chi connectivity index (χ0v) is 13.3. The van der Waals surface area contributed by atoms with Crippen molar-refractivity contribution in [1.29, 1.82) is 0 Å². The molecule has 2 aromatic rings. The molecule has 2 rings (SSSR count). The van der Waals surface area contributed by atoms with Gasteiger partial charge in [-0.15, -0.1) is 0 Å². The number of carbonyl (C=O) groups excluding carboxylic acids is 1. The lowest BCUT2D eigenvalue weighted by atomic mass is 10.1. The summed E-state index contributed by atoms with van der Waals surface area (Å²) in [5.41, 5.74) is 3.41. The van der Waals surface area contributed by atoms with Crippen LogP contribution in [-0.2, 0) is 6.42 Å². The zero-order valence-electron chi connectivity index (χ0n) is 11.8. The standard InChI is InChI=1S/C16H16Cl2N2O/c1-3-11-6-4-5-10(2)15(11)20-16(21)19-14-9-12(17)7-8-13(14)18/h4-9H,3H2,1-2H3,(H2,19,20,21). The molecule has 0 saturated carbocycles. The van der Waals surface area contributed by atoms with Crippen molar-refractivity contribution in [2.45, 2.75) is 20.3 Å². The maximum absolute atomic E-state index is 12.1. The lowest BCUT2D eigenvalue weighted by Crippen LogP contribution is -2.21. The van der Waals surface area contributed by atoms with E-state index in [1.165, 1.54) is 0 Å². The second-order valence-electron chi connectivity index (χ2n) is 4.67. The van der Waals surface area contributed by atoms with Crippen molar-refractivity contribution in [3.8, 4) is 0 Å². The number of halogens is 2. The molecule has 2 aromatic carbocycles. The molecule has 0 radical (unpaired) electrons. The number of hydrogen-bond acceptors (Lipinski definition) is 1. The molecule has 0 fully saturated rings. The van der Waals surface area contributed by atoms with Crippen molar-refractivity contribution < 1.29 is 4.79 Å². The number of anilines is 2. The summed E-state index contributed by atoms with van der Waals surface area (Å²) in [5.74, 6) is 0. The van der Waals surface area contributed by atoms with Crippen LogP contribution in [0.25, 0.3) is 0 Å². The molecule has 2 N–H and O–H groups in total. The average Bonchev–Trinajstić information content (AvgIpc) is 2.45. The predicted molar refractivity (Wildman–Crippen MR) is 89.7 cm³/mol. The highest BCUT2D eigenvalue weighted by Gasteiger charge is 2.10. The largest absolute Gasteiger partial charge is 0.323 e. The van der Waals surface area contributed by atoms with E-state index in [1.807, 2.05) is 32.0 Å². The molecule has 0 heterocycles. The first-order valence-corrected chi connectivity index (χ1v) is 7.38. The fourth-order valence-corrected chi connectivity index (χ4v) is 2.40. The fourth-order valence-electron chi connectivity index (χ4n) is 2.06. The maximum atomic E-state index is 12.1. The summed E-state index contributed by atoms with van der Waals surface area (Å²) in [5, 5.41) is 6.54. The van der Waals surface area contributed by atoms with Crippen LogP contribution in [-0.4, -0.2) is 6.03 Å². The van der Waals surface area contributed by atoms with Crippen LogP contribution in [0.4, 0.5) is 16.2 Å². The van der Waals surface area contributed by atoms with E-state index < -0.39 is 0 Å². The number of benzene rings is 2. The Kier molecular flexibility index (Phi) is 5.10. The van der Waals surface area contributed by atoms with Crippen molar-refractivity contribution in [1.82, 2.24) is 0 Å². The molecule has 2 amide bonds. The number of urea groups is 1. The SMILES string of the molecule is CCc1cccc(C)c1NC(=O)Nc1cc(Cl)ccc1Cl. The third kappa shape index (κ3) is 3.90. The summed E-state index contributed by atoms with van der Waals surface area (Å²) in [4.78, 5) is 12.1. The number of amides is 2. The summed E-state index contributed by atoms with van der Waals surface area (Å²) in [6.07, 6.45) is 0.842. The Labute approximate surface area is 134 Å². The minimum Gasteiger partial charge on any atom is -0.307 e. The first kappa shape index (κ1) is 15.7. The molecule has 0 unspecified atom stereocenters. The minimum atomic E-state index is -0.344. The van der Waals surface area contributed by atoms with Gasteiger partial charge in [0.05, 0.1) is 10.7 Å².